The van der Waals surface area contributed by atoms with E-state index in [4.69, 9.17) is 23.1 Å². The molecule has 136 valence electrons. The molecule has 0 aliphatic carbocycles. The molecule has 26 heavy (non-hydrogen) atoms. The first-order valence-electron chi connectivity index (χ1n) is 8.28. The predicted octanol–water partition coefficient (Wildman–Crippen LogP) is 2.53. The van der Waals surface area contributed by atoms with Crippen molar-refractivity contribution in [3.05, 3.63) is 82.5 Å². The number of hydrogen-bond donors (Lipinski definition) is 3. The van der Waals surface area contributed by atoms with Gasteiger partial charge in [0, 0.05) is 25.2 Å². The number of benzene rings is 2. The lowest BCUT2D eigenvalue weighted by molar-refractivity contribution is 0.0938. The van der Waals surface area contributed by atoms with Crippen LogP contribution in [0.1, 0.15) is 21.5 Å². The predicted molar refractivity (Wildman–Crippen MR) is 108 cm³/mol. The van der Waals surface area contributed by atoms with E-state index < -0.39 is 0 Å². The molecule has 0 heterocycles. The monoisotopic (exact) mass is 370 g/mol. The van der Waals surface area contributed by atoms with Crippen molar-refractivity contribution in [2.45, 2.75) is 12.5 Å². The van der Waals surface area contributed by atoms with Crippen LogP contribution < -0.4 is 16.8 Å². The molecule has 5 nitrogen and oxygen atoms in total. The minimum absolute atomic E-state index is 0.173. The van der Waals surface area contributed by atoms with E-state index in [1.54, 1.807) is 31.3 Å². The van der Waals surface area contributed by atoms with Crippen molar-refractivity contribution in [1.82, 2.24) is 5.32 Å². The molecule has 0 aliphatic rings. The molecule has 2 rings (SSSR count). The highest BCUT2D eigenvalue weighted by Gasteiger charge is 2.16. The van der Waals surface area contributed by atoms with E-state index in [2.05, 4.69) is 10.3 Å². The third kappa shape index (κ3) is 5.18. The second kappa shape index (κ2) is 9.75. The number of nitrogens with two attached hydrogens (primary N) is 2. The zero-order valence-corrected chi connectivity index (χ0v) is 15.4. The highest BCUT2D eigenvalue weighted by atomic mass is 35.5. The maximum atomic E-state index is 12.6. The Kier molecular flexibility index (Phi) is 7.38. The van der Waals surface area contributed by atoms with Gasteiger partial charge in [-0.05, 0) is 36.4 Å². The fraction of sp³-hybridized carbons (Fsp3) is 0.200. The number of carbonyl (C=O) groups excluding carboxylic acids is 1. The molecule has 0 bridgehead atoms. The molecule has 0 spiro atoms. The Labute approximate surface area is 158 Å². The van der Waals surface area contributed by atoms with Gasteiger partial charge in [0.2, 0.25) is 0 Å². The standard InChI is InChI=1S/C20H23ClN4O/c1-24-19(9-10-22)15-7-8-17(18(21)12-15)20(26)25-16(13-23)11-14-5-3-2-4-6-14/h2-10,12,16H,11,13,22-23H2,1H3,(H,25,26)/b10-9-,24-19?. The van der Waals surface area contributed by atoms with Crippen molar-refractivity contribution in [2.75, 3.05) is 13.6 Å². The first-order chi connectivity index (χ1) is 12.6. The highest BCUT2D eigenvalue weighted by Crippen LogP contribution is 2.19. The Morgan fingerprint density at radius 1 is 1.27 bits per heavy atom. The summed E-state index contributed by atoms with van der Waals surface area (Å²) in [7, 11) is 1.67. The zero-order valence-electron chi connectivity index (χ0n) is 14.7. The summed E-state index contributed by atoms with van der Waals surface area (Å²) in [4.78, 5) is 16.7. The van der Waals surface area contributed by atoms with Crippen LogP contribution >= 0.6 is 11.6 Å². The van der Waals surface area contributed by atoms with E-state index >= 15 is 0 Å². The number of rotatable bonds is 7. The van der Waals surface area contributed by atoms with E-state index in [1.807, 2.05) is 30.3 Å². The minimum Gasteiger partial charge on any atom is -0.405 e. The van der Waals surface area contributed by atoms with Crippen LogP contribution in [0.5, 0.6) is 0 Å². The number of halogens is 1. The molecule has 0 aliphatic heterocycles. The molecule has 1 unspecified atom stereocenters. The summed E-state index contributed by atoms with van der Waals surface area (Å²) in [6, 6.07) is 14.9. The second-order valence-electron chi connectivity index (χ2n) is 5.76. The van der Waals surface area contributed by atoms with Gasteiger partial charge in [-0.3, -0.25) is 9.79 Å². The van der Waals surface area contributed by atoms with Crippen LogP contribution in [0.4, 0.5) is 0 Å². The van der Waals surface area contributed by atoms with Crippen LogP contribution in [0.25, 0.3) is 0 Å². The van der Waals surface area contributed by atoms with Crippen molar-refractivity contribution in [3.63, 3.8) is 0 Å². The molecule has 0 radical (unpaired) electrons. The maximum absolute atomic E-state index is 12.6. The molecule has 5 N–H and O–H groups in total. The lowest BCUT2D eigenvalue weighted by atomic mass is 10.0. The Balaban J connectivity index is 2.13. The lowest BCUT2D eigenvalue weighted by Gasteiger charge is -2.17. The second-order valence-corrected chi connectivity index (χ2v) is 6.17. The van der Waals surface area contributed by atoms with Crippen molar-refractivity contribution in [2.24, 2.45) is 16.5 Å². The molecule has 1 atom stereocenters. The quantitative estimate of drug-likeness (QED) is 0.654. The topological polar surface area (TPSA) is 93.5 Å². The van der Waals surface area contributed by atoms with Crippen molar-refractivity contribution in [3.8, 4) is 0 Å². The van der Waals surface area contributed by atoms with Gasteiger partial charge in [-0.25, -0.2) is 0 Å². The number of nitrogens with one attached hydrogen (secondary N) is 1. The summed E-state index contributed by atoms with van der Waals surface area (Å²) in [5.41, 5.74) is 14.2. The number of aliphatic imine (C=N–C) groups is 1. The molecule has 0 saturated carbocycles. The molecule has 0 aromatic heterocycles. The van der Waals surface area contributed by atoms with E-state index in [-0.39, 0.29) is 11.9 Å². The lowest BCUT2D eigenvalue weighted by Crippen LogP contribution is -2.41. The largest absolute Gasteiger partial charge is 0.405 e. The van der Waals surface area contributed by atoms with Crippen LogP contribution in [0.15, 0.2) is 65.8 Å². The highest BCUT2D eigenvalue weighted by molar-refractivity contribution is 6.34. The number of nitrogens with zero attached hydrogens (tertiary/aromatic N) is 1. The third-order valence-electron chi connectivity index (χ3n) is 3.95. The van der Waals surface area contributed by atoms with Crippen LogP contribution in [-0.2, 0) is 6.42 Å². The third-order valence-corrected chi connectivity index (χ3v) is 4.26. The fourth-order valence-corrected chi connectivity index (χ4v) is 2.87. The zero-order chi connectivity index (χ0) is 18.9. The van der Waals surface area contributed by atoms with Gasteiger partial charge in [0.15, 0.2) is 0 Å². The summed E-state index contributed by atoms with van der Waals surface area (Å²) in [6.07, 6.45) is 3.74. The van der Waals surface area contributed by atoms with Crippen LogP contribution in [0.3, 0.4) is 0 Å². The summed E-state index contributed by atoms with van der Waals surface area (Å²) in [5.74, 6) is -0.253. The Hall–Kier alpha value is -2.63. The molecule has 6 heteroatoms. The molecule has 2 aromatic carbocycles. The van der Waals surface area contributed by atoms with Crippen molar-refractivity contribution in [1.29, 1.82) is 0 Å². The van der Waals surface area contributed by atoms with Gasteiger partial charge in [-0.15, -0.1) is 0 Å². The van der Waals surface area contributed by atoms with Gasteiger partial charge >= 0.3 is 0 Å². The molecule has 2 aromatic rings. The smallest absolute Gasteiger partial charge is 0.253 e. The van der Waals surface area contributed by atoms with Crippen LogP contribution in [-0.4, -0.2) is 31.3 Å². The van der Waals surface area contributed by atoms with Gasteiger partial charge < -0.3 is 16.8 Å². The van der Waals surface area contributed by atoms with Gasteiger partial charge in [0.05, 0.1) is 16.3 Å². The average Bonchev–Trinajstić information content (AvgIpc) is 2.66. The normalized spacial score (nSPS) is 13.0. The Morgan fingerprint density at radius 2 is 2.00 bits per heavy atom. The first-order valence-corrected chi connectivity index (χ1v) is 8.66. The fourth-order valence-electron chi connectivity index (χ4n) is 2.60. The van der Waals surface area contributed by atoms with E-state index in [9.17, 15) is 4.79 Å². The molecule has 0 saturated heterocycles. The summed E-state index contributed by atoms with van der Waals surface area (Å²) in [6.45, 7) is 0.338. The molecule has 1 amide bonds. The van der Waals surface area contributed by atoms with E-state index in [0.29, 0.717) is 29.3 Å². The SMILES string of the molecule is CN=C(/C=C\N)c1ccc(C(=O)NC(CN)Cc2ccccc2)c(Cl)c1. The number of allylic oxidation sites excluding steroid dienone is 1. The van der Waals surface area contributed by atoms with Gasteiger partial charge in [0.25, 0.3) is 5.91 Å². The number of carbonyl (C=O) groups is 1. The average molecular weight is 371 g/mol. The Bertz CT molecular complexity index is 803. The van der Waals surface area contributed by atoms with Gasteiger partial charge in [-0.2, -0.15) is 0 Å². The van der Waals surface area contributed by atoms with Crippen molar-refractivity contribution >= 4 is 23.2 Å². The molecule has 0 fully saturated rings. The molecular formula is C20H23ClN4O. The first kappa shape index (κ1) is 19.7. The number of hydrogen-bond acceptors (Lipinski definition) is 4. The molecular weight excluding hydrogens is 348 g/mol. The number of amides is 1. The van der Waals surface area contributed by atoms with Gasteiger partial charge in [-0.1, -0.05) is 48.0 Å². The van der Waals surface area contributed by atoms with Gasteiger partial charge in [0.1, 0.15) is 0 Å². The van der Waals surface area contributed by atoms with E-state index in [0.717, 1.165) is 11.1 Å². The van der Waals surface area contributed by atoms with Crippen LogP contribution in [0.2, 0.25) is 5.02 Å². The van der Waals surface area contributed by atoms with Crippen molar-refractivity contribution < 1.29 is 4.79 Å². The maximum Gasteiger partial charge on any atom is 0.253 e. The van der Waals surface area contributed by atoms with E-state index in [1.165, 1.54) is 6.20 Å². The summed E-state index contributed by atoms with van der Waals surface area (Å²) in [5, 5.41) is 3.30. The minimum atomic E-state index is -0.253. The van der Waals surface area contributed by atoms with Crippen LogP contribution in [0, 0.1) is 0 Å². The summed E-state index contributed by atoms with van der Waals surface area (Å²) >= 11 is 6.31. The summed E-state index contributed by atoms with van der Waals surface area (Å²) < 4.78 is 0. The Morgan fingerprint density at radius 3 is 2.58 bits per heavy atom.